The van der Waals surface area contributed by atoms with Crippen molar-refractivity contribution in [3.05, 3.63) is 12.3 Å². The zero-order valence-corrected chi connectivity index (χ0v) is 6.73. The van der Waals surface area contributed by atoms with E-state index >= 15 is 0 Å². The van der Waals surface area contributed by atoms with Gasteiger partial charge in [-0.3, -0.25) is 0 Å². The first-order chi connectivity index (χ1) is 5.79. The van der Waals surface area contributed by atoms with E-state index in [1.807, 2.05) is 0 Å². The highest BCUT2D eigenvalue weighted by molar-refractivity contribution is 5.79. The van der Waals surface area contributed by atoms with Crippen LogP contribution in [0.2, 0.25) is 0 Å². The van der Waals surface area contributed by atoms with E-state index in [1.165, 1.54) is 6.26 Å². The number of hydrogen-bond donors (Lipinski definition) is 1. The quantitative estimate of drug-likeness (QED) is 0.503. The Bertz CT molecular complexity index is 170. The minimum Gasteiger partial charge on any atom is -0.498 e. The Kier molecular flexibility index (Phi) is 3.60. The van der Waals surface area contributed by atoms with Gasteiger partial charge in [0.25, 0.3) is 0 Å². The second kappa shape index (κ2) is 4.77. The normalized spacial score (nSPS) is 23.2. The molecule has 0 bridgehead atoms. The monoisotopic (exact) mass is 172 g/mol. The average molecular weight is 172 g/mol. The van der Waals surface area contributed by atoms with E-state index in [-0.39, 0.29) is 6.10 Å². The summed E-state index contributed by atoms with van der Waals surface area (Å²) in [6.07, 6.45) is 4.36. The minimum atomic E-state index is -0.998. The average Bonchev–Trinajstić information content (AvgIpc) is 2.49. The fourth-order valence-electron chi connectivity index (χ4n) is 1.04. The molecule has 1 aliphatic heterocycles. The highest BCUT2D eigenvalue weighted by Gasteiger charge is 2.14. The van der Waals surface area contributed by atoms with E-state index in [4.69, 9.17) is 14.6 Å². The van der Waals surface area contributed by atoms with Crippen molar-refractivity contribution in [3.63, 3.8) is 0 Å². The highest BCUT2D eigenvalue weighted by atomic mass is 16.5. The van der Waals surface area contributed by atoms with Crippen LogP contribution in [0, 0.1) is 0 Å². The number of carbonyl (C=O) groups is 1. The van der Waals surface area contributed by atoms with E-state index in [9.17, 15) is 4.79 Å². The van der Waals surface area contributed by atoms with Gasteiger partial charge in [-0.1, -0.05) is 0 Å². The molecule has 0 saturated carbocycles. The minimum absolute atomic E-state index is 0.142. The molecule has 1 fully saturated rings. The summed E-state index contributed by atoms with van der Waals surface area (Å²) in [5.41, 5.74) is 0. The van der Waals surface area contributed by atoms with Gasteiger partial charge in [0.15, 0.2) is 0 Å². The number of rotatable bonds is 4. The molecule has 1 rings (SSSR count). The summed E-state index contributed by atoms with van der Waals surface area (Å²) >= 11 is 0. The van der Waals surface area contributed by atoms with Gasteiger partial charge in [-0.2, -0.15) is 0 Å². The largest absolute Gasteiger partial charge is 0.498 e. The van der Waals surface area contributed by atoms with E-state index in [2.05, 4.69) is 0 Å². The molecule has 0 aromatic carbocycles. The molecule has 4 heteroatoms. The second-order valence-corrected chi connectivity index (χ2v) is 2.61. The molecule has 0 aliphatic carbocycles. The van der Waals surface area contributed by atoms with Gasteiger partial charge in [0.1, 0.15) is 6.61 Å². The van der Waals surface area contributed by atoms with Crippen LogP contribution < -0.4 is 0 Å². The third-order valence-electron chi connectivity index (χ3n) is 1.61. The van der Waals surface area contributed by atoms with Crippen molar-refractivity contribution in [2.75, 3.05) is 13.2 Å². The fraction of sp³-hybridized carbons (Fsp3) is 0.625. The van der Waals surface area contributed by atoms with Gasteiger partial charge >= 0.3 is 5.97 Å². The van der Waals surface area contributed by atoms with Crippen molar-refractivity contribution < 1.29 is 19.4 Å². The zero-order chi connectivity index (χ0) is 8.81. The molecule has 0 amide bonds. The molecule has 1 aliphatic rings. The summed E-state index contributed by atoms with van der Waals surface area (Å²) in [7, 11) is 0. The Morgan fingerprint density at radius 3 is 3.17 bits per heavy atom. The van der Waals surface area contributed by atoms with Gasteiger partial charge < -0.3 is 14.6 Å². The molecule has 12 heavy (non-hydrogen) atoms. The Balaban J connectivity index is 2.05. The van der Waals surface area contributed by atoms with Crippen LogP contribution >= 0.6 is 0 Å². The molecule has 0 spiro atoms. The maximum Gasteiger partial charge on any atom is 0.331 e. The zero-order valence-electron chi connectivity index (χ0n) is 6.73. The molecular weight excluding hydrogens is 160 g/mol. The third-order valence-corrected chi connectivity index (χ3v) is 1.61. The van der Waals surface area contributed by atoms with Crippen molar-refractivity contribution in [1.82, 2.24) is 0 Å². The van der Waals surface area contributed by atoms with Crippen LogP contribution in [0.15, 0.2) is 12.3 Å². The van der Waals surface area contributed by atoms with Crippen molar-refractivity contribution in [2.24, 2.45) is 0 Å². The van der Waals surface area contributed by atoms with Gasteiger partial charge in [-0.05, 0) is 12.8 Å². The lowest BCUT2D eigenvalue weighted by atomic mass is 10.2. The lowest BCUT2D eigenvalue weighted by Crippen LogP contribution is -2.11. The number of carboxylic acid groups (broad SMARTS) is 1. The van der Waals surface area contributed by atoms with Crippen LogP contribution in [0.1, 0.15) is 12.8 Å². The molecule has 1 unspecified atom stereocenters. The van der Waals surface area contributed by atoms with Gasteiger partial charge in [-0.25, -0.2) is 4.79 Å². The van der Waals surface area contributed by atoms with Crippen molar-refractivity contribution in [2.45, 2.75) is 18.9 Å². The fourth-order valence-corrected chi connectivity index (χ4v) is 1.04. The number of ether oxygens (including phenoxy) is 2. The van der Waals surface area contributed by atoms with Gasteiger partial charge in [0, 0.05) is 6.61 Å². The van der Waals surface area contributed by atoms with Gasteiger partial charge in [-0.15, -0.1) is 0 Å². The van der Waals surface area contributed by atoms with E-state index < -0.39 is 5.97 Å². The maximum absolute atomic E-state index is 10.00. The van der Waals surface area contributed by atoms with E-state index in [0.29, 0.717) is 6.61 Å². The molecule has 1 heterocycles. The van der Waals surface area contributed by atoms with Crippen LogP contribution in [0.5, 0.6) is 0 Å². The van der Waals surface area contributed by atoms with E-state index in [0.717, 1.165) is 25.5 Å². The van der Waals surface area contributed by atoms with Crippen LogP contribution in [-0.4, -0.2) is 30.4 Å². The summed E-state index contributed by atoms with van der Waals surface area (Å²) in [4.78, 5) is 10.00. The Labute approximate surface area is 70.8 Å². The molecule has 0 aromatic rings. The molecule has 1 N–H and O–H groups in total. The first-order valence-electron chi connectivity index (χ1n) is 3.91. The number of carboxylic acids is 1. The first-order valence-corrected chi connectivity index (χ1v) is 3.91. The van der Waals surface area contributed by atoms with Crippen LogP contribution in [-0.2, 0) is 14.3 Å². The second-order valence-electron chi connectivity index (χ2n) is 2.61. The summed E-state index contributed by atoms with van der Waals surface area (Å²) in [5, 5.41) is 8.21. The van der Waals surface area contributed by atoms with E-state index in [1.54, 1.807) is 0 Å². The lowest BCUT2D eigenvalue weighted by molar-refractivity contribution is -0.131. The highest BCUT2D eigenvalue weighted by Crippen LogP contribution is 2.11. The maximum atomic E-state index is 10.00. The third kappa shape index (κ3) is 3.39. The standard InChI is InChI=1S/C8H12O4/c9-8(10)3-5-11-6-7-2-1-4-12-7/h3,5,7H,1-2,4,6H2,(H,9,10). The Morgan fingerprint density at radius 2 is 2.58 bits per heavy atom. The molecule has 1 saturated heterocycles. The summed E-state index contributed by atoms with van der Waals surface area (Å²) in [6, 6.07) is 0. The number of aliphatic carboxylic acids is 1. The van der Waals surface area contributed by atoms with Crippen LogP contribution in [0.3, 0.4) is 0 Å². The Hall–Kier alpha value is -1.03. The first kappa shape index (κ1) is 9.06. The molecule has 68 valence electrons. The van der Waals surface area contributed by atoms with Crippen molar-refractivity contribution in [1.29, 1.82) is 0 Å². The molecular formula is C8H12O4. The molecule has 0 aromatic heterocycles. The predicted molar refractivity (Wildman–Crippen MR) is 41.7 cm³/mol. The lowest BCUT2D eigenvalue weighted by Gasteiger charge is -2.07. The summed E-state index contributed by atoms with van der Waals surface area (Å²) < 4.78 is 10.2. The molecule has 0 radical (unpaired) electrons. The molecule has 1 atom stereocenters. The Morgan fingerprint density at radius 1 is 1.75 bits per heavy atom. The van der Waals surface area contributed by atoms with Gasteiger partial charge in [0.2, 0.25) is 0 Å². The molecule has 4 nitrogen and oxygen atoms in total. The van der Waals surface area contributed by atoms with Crippen molar-refractivity contribution in [3.8, 4) is 0 Å². The van der Waals surface area contributed by atoms with Crippen LogP contribution in [0.25, 0.3) is 0 Å². The number of hydrogen-bond acceptors (Lipinski definition) is 3. The topological polar surface area (TPSA) is 55.8 Å². The van der Waals surface area contributed by atoms with Gasteiger partial charge in [0.05, 0.1) is 18.4 Å². The predicted octanol–water partition coefficient (Wildman–Crippen LogP) is 0.780. The smallest absolute Gasteiger partial charge is 0.331 e. The van der Waals surface area contributed by atoms with Crippen LogP contribution in [0.4, 0.5) is 0 Å². The summed E-state index contributed by atoms with van der Waals surface area (Å²) in [5.74, 6) is -0.998. The summed E-state index contributed by atoms with van der Waals surface area (Å²) in [6.45, 7) is 1.24. The van der Waals surface area contributed by atoms with Crippen molar-refractivity contribution >= 4 is 5.97 Å². The SMILES string of the molecule is O=C(O)C=COCC1CCCO1.